The SMILES string of the molecule is CS(=O)(=O)C[C@@H](C#N)C1CCCC1. The molecule has 13 heavy (non-hydrogen) atoms. The second-order valence-electron chi connectivity index (χ2n) is 3.87. The Hall–Kier alpha value is -0.560. The summed E-state index contributed by atoms with van der Waals surface area (Å²) in [6.07, 6.45) is 5.53. The molecule has 1 aliphatic carbocycles. The summed E-state index contributed by atoms with van der Waals surface area (Å²) >= 11 is 0. The first-order chi connectivity index (χ1) is 6.03. The van der Waals surface area contributed by atoms with Gasteiger partial charge in [0.1, 0.15) is 9.84 Å². The van der Waals surface area contributed by atoms with Gasteiger partial charge in [0.25, 0.3) is 0 Å². The molecule has 4 heteroatoms. The second-order valence-corrected chi connectivity index (χ2v) is 6.06. The summed E-state index contributed by atoms with van der Waals surface area (Å²) in [6.45, 7) is 0. The van der Waals surface area contributed by atoms with Gasteiger partial charge in [-0.3, -0.25) is 0 Å². The van der Waals surface area contributed by atoms with Crippen LogP contribution >= 0.6 is 0 Å². The third-order valence-electron chi connectivity index (χ3n) is 2.62. The highest BCUT2D eigenvalue weighted by Gasteiger charge is 2.27. The molecule has 0 aromatic carbocycles. The van der Waals surface area contributed by atoms with Crippen molar-refractivity contribution in [2.75, 3.05) is 12.0 Å². The quantitative estimate of drug-likeness (QED) is 0.692. The average Bonchev–Trinajstić information content (AvgIpc) is 2.50. The largest absolute Gasteiger partial charge is 0.229 e. The predicted molar refractivity (Wildman–Crippen MR) is 50.8 cm³/mol. The minimum Gasteiger partial charge on any atom is -0.229 e. The third kappa shape index (κ3) is 3.35. The maximum Gasteiger partial charge on any atom is 0.148 e. The molecular formula is C9H15NO2S. The van der Waals surface area contributed by atoms with E-state index in [2.05, 4.69) is 6.07 Å². The van der Waals surface area contributed by atoms with Gasteiger partial charge in [-0.1, -0.05) is 12.8 Å². The molecule has 0 aromatic heterocycles. The van der Waals surface area contributed by atoms with Crippen molar-refractivity contribution in [3.05, 3.63) is 0 Å². The Kier molecular flexibility index (Phi) is 3.32. The highest BCUT2D eigenvalue weighted by Crippen LogP contribution is 2.31. The molecule has 1 rings (SSSR count). The van der Waals surface area contributed by atoms with Crippen molar-refractivity contribution < 1.29 is 8.42 Å². The molecule has 0 unspecified atom stereocenters. The summed E-state index contributed by atoms with van der Waals surface area (Å²) in [5.41, 5.74) is 0. The fraction of sp³-hybridized carbons (Fsp3) is 0.889. The van der Waals surface area contributed by atoms with Crippen LogP contribution in [0.25, 0.3) is 0 Å². The summed E-state index contributed by atoms with van der Waals surface area (Å²) in [5.74, 6) is 0.0750. The molecule has 3 nitrogen and oxygen atoms in total. The van der Waals surface area contributed by atoms with E-state index >= 15 is 0 Å². The van der Waals surface area contributed by atoms with Crippen LogP contribution in [0.3, 0.4) is 0 Å². The zero-order valence-corrected chi connectivity index (χ0v) is 8.68. The fourth-order valence-corrected chi connectivity index (χ4v) is 2.96. The van der Waals surface area contributed by atoms with E-state index in [1.807, 2.05) is 0 Å². The van der Waals surface area contributed by atoms with Crippen molar-refractivity contribution in [3.8, 4) is 6.07 Å². The lowest BCUT2D eigenvalue weighted by atomic mass is 9.94. The van der Waals surface area contributed by atoms with Gasteiger partial charge < -0.3 is 0 Å². The molecule has 0 radical (unpaired) electrons. The smallest absolute Gasteiger partial charge is 0.148 e. The predicted octanol–water partition coefficient (Wildman–Crippen LogP) is 1.36. The van der Waals surface area contributed by atoms with Crippen LogP contribution in [0, 0.1) is 23.2 Å². The summed E-state index contributed by atoms with van der Waals surface area (Å²) in [7, 11) is -3.00. The van der Waals surface area contributed by atoms with Crippen molar-refractivity contribution in [2.45, 2.75) is 25.7 Å². The lowest BCUT2D eigenvalue weighted by molar-refractivity contribution is 0.441. The van der Waals surface area contributed by atoms with E-state index in [0.29, 0.717) is 5.92 Å². The topological polar surface area (TPSA) is 57.9 Å². The Morgan fingerprint density at radius 3 is 2.38 bits per heavy atom. The van der Waals surface area contributed by atoms with Crippen molar-refractivity contribution in [2.24, 2.45) is 11.8 Å². The van der Waals surface area contributed by atoms with Gasteiger partial charge >= 0.3 is 0 Å². The van der Waals surface area contributed by atoms with Gasteiger partial charge in [0.05, 0.1) is 17.7 Å². The highest BCUT2D eigenvalue weighted by molar-refractivity contribution is 7.90. The number of hydrogen-bond donors (Lipinski definition) is 0. The van der Waals surface area contributed by atoms with E-state index in [9.17, 15) is 8.42 Å². The Morgan fingerprint density at radius 2 is 2.00 bits per heavy atom. The second kappa shape index (κ2) is 4.10. The van der Waals surface area contributed by atoms with Crippen LogP contribution in [-0.4, -0.2) is 20.4 Å². The van der Waals surface area contributed by atoms with Gasteiger partial charge in [-0.2, -0.15) is 5.26 Å². The fourth-order valence-electron chi connectivity index (χ4n) is 1.96. The lowest BCUT2D eigenvalue weighted by Gasteiger charge is -2.14. The van der Waals surface area contributed by atoms with E-state index in [1.54, 1.807) is 0 Å². The highest BCUT2D eigenvalue weighted by atomic mass is 32.2. The number of nitriles is 1. The maximum atomic E-state index is 11.0. The molecule has 1 aliphatic rings. The lowest BCUT2D eigenvalue weighted by Crippen LogP contribution is -2.20. The molecule has 0 saturated heterocycles. The van der Waals surface area contributed by atoms with E-state index in [-0.39, 0.29) is 11.7 Å². The molecular weight excluding hydrogens is 186 g/mol. The molecule has 0 bridgehead atoms. The summed E-state index contributed by atoms with van der Waals surface area (Å²) < 4.78 is 22.0. The summed E-state index contributed by atoms with van der Waals surface area (Å²) in [4.78, 5) is 0. The van der Waals surface area contributed by atoms with Gasteiger partial charge in [-0.15, -0.1) is 0 Å². The van der Waals surface area contributed by atoms with Crippen molar-refractivity contribution in [1.29, 1.82) is 5.26 Å². The number of sulfone groups is 1. The van der Waals surface area contributed by atoms with Crippen LogP contribution < -0.4 is 0 Å². The van der Waals surface area contributed by atoms with Crippen LogP contribution in [0.1, 0.15) is 25.7 Å². The standard InChI is InChI=1S/C9H15NO2S/c1-13(11,12)7-9(6-10)8-4-2-3-5-8/h8-9H,2-5,7H2,1H3/t9-/m1/s1. The maximum absolute atomic E-state index is 11.0. The molecule has 0 heterocycles. The number of hydrogen-bond acceptors (Lipinski definition) is 3. The van der Waals surface area contributed by atoms with Crippen LogP contribution in [0.5, 0.6) is 0 Å². The Morgan fingerprint density at radius 1 is 1.46 bits per heavy atom. The van der Waals surface area contributed by atoms with Crippen LogP contribution in [0.2, 0.25) is 0 Å². The van der Waals surface area contributed by atoms with Crippen molar-refractivity contribution >= 4 is 9.84 Å². The first kappa shape index (κ1) is 10.5. The van der Waals surface area contributed by atoms with Gasteiger partial charge in [0.2, 0.25) is 0 Å². The minimum atomic E-state index is -3.00. The van der Waals surface area contributed by atoms with E-state index in [1.165, 1.54) is 6.26 Å². The van der Waals surface area contributed by atoms with Gasteiger partial charge in [0.15, 0.2) is 0 Å². The molecule has 1 fully saturated rings. The molecule has 1 atom stereocenters. The van der Waals surface area contributed by atoms with Gasteiger partial charge in [-0.25, -0.2) is 8.42 Å². The molecule has 0 spiro atoms. The average molecular weight is 201 g/mol. The molecule has 74 valence electrons. The first-order valence-corrected chi connectivity index (χ1v) is 6.66. The normalized spacial score (nSPS) is 21.2. The van der Waals surface area contributed by atoms with Gasteiger partial charge in [-0.05, 0) is 18.8 Å². The third-order valence-corrected chi connectivity index (χ3v) is 3.58. The van der Waals surface area contributed by atoms with Crippen LogP contribution in [-0.2, 0) is 9.84 Å². The molecule has 0 N–H and O–H groups in total. The Labute approximate surface area is 79.7 Å². The Balaban J connectivity index is 2.58. The van der Waals surface area contributed by atoms with Crippen molar-refractivity contribution in [3.63, 3.8) is 0 Å². The summed E-state index contributed by atoms with van der Waals surface area (Å²) in [5, 5.41) is 8.84. The monoisotopic (exact) mass is 201 g/mol. The Bertz CT molecular complexity index is 296. The van der Waals surface area contributed by atoms with E-state index in [0.717, 1.165) is 25.7 Å². The number of rotatable bonds is 3. The van der Waals surface area contributed by atoms with Crippen molar-refractivity contribution in [1.82, 2.24) is 0 Å². The first-order valence-electron chi connectivity index (χ1n) is 4.60. The van der Waals surface area contributed by atoms with Crippen LogP contribution in [0.4, 0.5) is 0 Å². The summed E-state index contributed by atoms with van der Waals surface area (Å²) in [6, 6.07) is 2.12. The molecule has 0 aromatic rings. The zero-order chi connectivity index (χ0) is 9.90. The zero-order valence-electron chi connectivity index (χ0n) is 7.86. The van der Waals surface area contributed by atoms with E-state index < -0.39 is 9.84 Å². The molecule has 1 saturated carbocycles. The van der Waals surface area contributed by atoms with E-state index in [4.69, 9.17) is 5.26 Å². The van der Waals surface area contributed by atoms with Gasteiger partial charge in [0, 0.05) is 6.26 Å². The van der Waals surface area contributed by atoms with Crippen LogP contribution in [0.15, 0.2) is 0 Å². The molecule has 0 amide bonds. The molecule has 0 aliphatic heterocycles. The minimum absolute atomic E-state index is 0.0359. The number of nitrogens with zero attached hydrogens (tertiary/aromatic N) is 1.